The van der Waals surface area contributed by atoms with Crippen LogP contribution in [0.4, 0.5) is 5.69 Å². The first-order valence-electron chi connectivity index (χ1n) is 6.82. The number of rotatable bonds is 8. The van der Waals surface area contributed by atoms with Gasteiger partial charge in [0.15, 0.2) is 0 Å². The molecule has 0 N–H and O–H groups in total. The summed E-state index contributed by atoms with van der Waals surface area (Å²) in [5, 5.41) is 1.68. The van der Waals surface area contributed by atoms with Gasteiger partial charge in [-0.3, -0.25) is 0 Å². The average Bonchev–Trinajstić information content (AvgIpc) is 2.39. The number of anilines is 1. The lowest BCUT2D eigenvalue weighted by atomic mass is 10.1. The van der Waals surface area contributed by atoms with Gasteiger partial charge in [-0.15, -0.1) is 0 Å². The predicted molar refractivity (Wildman–Crippen MR) is 86.1 cm³/mol. The quantitative estimate of drug-likeness (QED) is 0.557. The maximum absolute atomic E-state index is 6.07. The SMILES string of the molecule is CCCCN(CCCC)c1ccc(Cl)cc1CBr. The van der Waals surface area contributed by atoms with E-state index in [1.54, 1.807) is 0 Å². The smallest absolute Gasteiger partial charge is 0.0410 e. The Kier molecular flexibility index (Phi) is 7.76. The number of hydrogen-bond acceptors (Lipinski definition) is 1. The number of alkyl halides is 1. The highest BCUT2D eigenvalue weighted by molar-refractivity contribution is 9.08. The van der Waals surface area contributed by atoms with Gasteiger partial charge in [0.1, 0.15) is 0 Å². The van der Waals surface area contributed by atoms with Crippen molar-refractivity contribution in [2.45, 2.75) is 44.9 Å². The van der Waals surface area contributed by atoms with Crippen molar-refractivity contribution in [2.75, 3.05) is 18.0 Å². The van der Waals surface area contributed by atoms with E-state index in [9.17, 15) is 0 Å². The molecule has 0 fully saturated rings. The number of nitrogens with zero attached hydrogens (tertiary/aromatic N) is 1. The fraction of sp³-hybridized carbons (Fsp3) is 0.600. The second-order valence-electron chi connectivity index (χ2n) is 4.60. The minimum atomic E-state index is 0.819. The summed E-state index contributed by atoms with van der Waals surface area (Å²) in [5.41, 5.74) is 2.62. The van der Waals surface area contributed by atoms with Crippen molar-refractivity contribution in [3.63, 3.8) is 0 Å². The van der Waals surface area contributed by atoms with Crippen molar-refractivity contribution in [1.82, 2.24) is 0 Å². The molecule has 0 aliphatic rings. The first-order chi connectivity index (χ1) is 8.72. The third kappa shape index (κ3) is 4.81. The van der Waals surface area contributed by atoms with E-state index < -0.39 is 0 Å². The second kappa shape index (κ2) is 8.82. The standard InChI is InChI=1S/C15H23BrClN/c1-3-5-9-18(10-6-4-2)15-8-7-14(17)11-13(15)12-16/h7-8,11H,3-6,9-10,12H2,1-2H3. The van der Waals surface area contributed by atoms with Crippen molar-refractivity contribution in [2.24, 2.45) is 0 Å². The lowest BCUT2D eigenvalue weighted by Crippen LogP contribution is -2.26. The van der Waals surface area contributed by atoms with Crippen LogP contribution in [0.1, 0.15) is 45.1 Å². The summed E-state index contributed by atoms with van der Waals surface area (Å²) in [6, 6.07) is 6.22. The average molecular weight is 333 g/mol. The maximum atomic E-state index is 6.07. The van der Waals surface area contributed by atoms with Crippen LogP contribution < -0.4 is 4.90 Å². The van der Waals surface area contributed by atoms with Gasteiger partial charge in [0, 0.05) is 29.1 Å². The largest absolute Gasteiger partial charge is 0.371 e. The van der Waals surface area contributed by atoms with E-state index in [2.05, 4.69) is 46.8 Å². The number of halogens is 2. The summed E-state index contributed by atoms with van der Waals surface area (Å²) in [4.78, 5) is 2.50. The Bertz CT molecular complexity index is 346. The van der Waals surface area contributed by atoms with Gasteiger partial charge in [0.05, 0.1) is 0 Å². The van der Waals surface area contributed by atoms with Gasteiger partial charge < -0.3 is 4.90 Å². The van der Waals surface area contributed by atoms with Gasteiger partial charge >= 0.3 is 0 Å². The van der Waals surface area contributed by atoms with E-state index in [4.69, 9.17) is 11.6 Å². The molecule has 1 nitrogen and oxygen atoms in total. The fourth-order valence-electron chi connectivity index (χ4n) is 2.02. The Morgan fingerprint density at radius 2 is 1.72 bits per heavy atom. The molecule has 18 heavy (non-hydrogen) atoms. The van der Waals surface area contributed by atoms with Crippen LogP contribution in [-0.2, 0) is 5.33 Å². The molecule has 0 heterocycles. The van der Waals surface area contributed by atoms with Gasteiger partial charge in [-0.2, -0.15) is 0 Å². The van der Waals surface area contributed by atoms with E-state index in [-0.39, 0.29) is 0 Å². The molecule has 1 aromatic carbocycles. The van der Waals surface area contributed by atoms with E-state index in [0.717, 1.165) is 23.4 Å². The minimum Gasteiger partial charge on any atom is -0.371 e. The Balaban J connectivity index is 2.88. The van der Waals surface area contributed by atoms with Gasteiger partial charge in [-0.05, 0) is 36.6 Å². The first kappa shape index (κ1) is 15.8. The molecular formula is C15H23BrClN. The van der Waals surface area contributed by atoms with E-state index >= 15 is 0 Å². The van der Waals surface area contributed by atoms with Gasteiger partial charge in [0.2, 0.25) is 0 Å². The highest BCUT2D eigenvalue weighted by atomic mass is 79.9. The molecule has 0 saturated carbocycles. The second-order valence-corrected chi connectivity index (χ2v) is 5.60. The molecule has 0 spiro atoms. The topological polar surface area (TPSA) is 3.24 Å². The summed E-state index contributed by atoms with van der Waals surface area (Å²) in [5.74, 6) is 0. The molecule has 102 valence electrons. The minimum absolute atomic E-state index is 0.819. The lowest BCUT2D eigenvalue weighted by molar-refractivity contribution is 0.676. The molecule has 0 saturated heterocycles. The van der Waals surface area contributed by atoms with Crippen LogP contribution >= 0.6 is 27.5 Å². The van der Waals surface area contributed by atoms with E-state index in [1.807, 2.05) is 6.07 Å². The Morgan fingerprint density at radius 1 is 1.11 bits per heavy atom. The van der Waals surface area contributed by atoms with Crippen LogP contribution in [0, 0.1) is 0 Å². The van der Waals surface area contributed by atoms with Gasteiger partial charge in [-0.1, -0.05) is 54.2 Å². The highest BCUT2D eigenvalue weighted by Gasteiger charge is 2.10. The van der Waals surface area contributed by atoms with Crippen LogP contribution in [0.3, 0.4) is 0 Å². The zero-order valence-corrected chi connectivity index (χ0v) is 13.7. The van der Waals surface area contributed by atoms with E-state index in [0.29, 0.717) is 0 Å². The van der Waals surface area contributed by atoms with Crippen LogP contribution in [0.2, 0.25) is 5.02 Å². The molecule has 0 aliphatic carbocycles. The molecule has 0 aromatic heterocycles. The monoisotopic (exact) mass is 331 g/mol. The number of benzene rings is 1. The summed E-state index contributed by atoms with van der Waals surface area (Å²) < 4.78 is 0. The molecule has 0 atom stereocenters. The number of hydrogen-bond donors (Lipinski definition) is 0. The Hall–Kier alpha value is -0.210. The molecule has 1 aromatic rings. The maximum Gasteiger partial charge on any atom is 0.0410 e. The van der Waals surface area contributed by atoms with Crippen LogP contribution in [0.25, 0.3) is 0 Å². The van der Waals surface area contributed by atoms with Crippen molar-refractivity contribution < 1.29 is 0 Å². The molecule has 0 bridgehead atoms. The first-order valence-corrected chi connectivity index (χ1v) is 8.32. The van der Waals surface area contributed by atoms with Crippen LogP contribution in [0.5, 0.6) is 0 Å². The normalized spacial score (nSPS) is 10.7. The van der Waals surface area contributed by atoms with Crippen molar-refractivity contribution in [3.8, 4) is 0 Å². The zero-order valence-electron chi connectivity index (χ0n) is 11.4. The molecule has 1 rings (SSSR count). The fourth-order valence-corrected chi connectivity index (χ4v) is 2.66. The van der Waals surface area contributed by atoms with Crippen molar-refractivity contribution >= 4 is 33.2 Å². The van der Waals surface area contributed by atoms with Crippen molar-refractivity contribution in [1.29, 1.82) is 0 Å². The zero-order chi connectivity index (χ0) is 13.4. The van der Waals surface area contributed by atoms with Crippen LogP contribution in [0.15, 0.2) is 18.2 Å². The molecule has 0 unspecified atom stereocenters. The Labute approximate surface area is 125 Å². The molecular weight excluding hydrogens is 310 g/mol. The third-order valence-corrected chi connectivity index (χ3v) is 3.93. The highest BCUT2D eigenvalue weighted by Crippen LogP contribution is 2.27. The number of unbranched alkanes of at least 4 members (excludes halogenated alkanes) is 2. The Morgan fingerprint density at radius 3 is 2.22 bits per heavy atom. The summed E-state index contributed by atoms with van der Waals surface area (Å²) in [6.07, 6.45) is 4.96. The summed E-state index contributed by atoms with van der Waals surface area (Å²) in [6.45, 7) is 6.76. The summed E-state index contributed by atoms with van der Waals surface area (Å²) in [7, 11) is 0. The van der Waals surface area contributed by atoms with Gasteiger partial charge in [-0.25, -0.2) is 0 Å². The molecule has 0 radical (unpaired) electrons. The molecule has 0 amide bonds. The lowest BCUT2D eigenvalue weighted by Gasteiger charge is -2.27. The van der Waals surface area contributed by atoms with Crippen LogP contribution in [-0.4, -0.2) is 13.1 Å². The molecule has 0 aliphatic heterocycles. The predicted octanol–water partition coefficient (Wildman–Crippen LogP) is 5.64. The van der Waals surface area contributed by atoms with Crippen molar-refractivity contribution in [3.05, 3.63) is 28.8 Å². The van der Waals surface area contributed by atoms with Gasteiger partial charge in [0.25, 0.3) is 0 Å². The summed E-state index contributed by atoms with van der Waals surface area (Å²) >= 11 is 9.63. The molecule has 3 heteroatoms. The third-order valence-electron chi connectivity index (χ3n) is 3.09. The van der Waals surface area contributed by atoms with E-state index in [1.165, 1.54) is 36.9 Å².